The summed E-state index contributed by atoms with van der Waals surface area (Å²) < 4.78 is 15.2. The van der Waals surface area contributed by atoms with Crippen molar-refractivity contribution in [2.45, 2.75) is 44.8 Å². The van der Waals surface area contributed by atoms with E-state index in [-0.39, 0.29) is 18.9 Å². The van der Waals surface area contributed by atoms with Gasteiger partial charge in [-0.15, -0.1) is 0 Å². The second-order valence-corrected chi connectivity index (χ2v) is 7.50. The van der Waals surface area contributed by atoms with Crippen LogP contribution in [0.2, 0.25) is 0 Å². The molecule has 2 aromatic carbocycles. The molecule has 2 amide bonds. The quantitative estimate of drug-likeness (QED) is 0.354. The Labute approximate surface area is 194 Å². The molecule has 0 aliphatic heterocycles. The van der Waals surface area contributed by atoms with Crippen molar-refractivity contribution >= 4 is 18.0 Å². The molecular weight excluding hydrogens is 424 g/mol. The second-order valence-electron chi connectivity index (χ2n) is 7.50. The maximum atomic E-state index is 12.3. The summed E-state index contributed by atoms with van der Waals surface area (Å²) in [6, 6.07) is 16.0. The topological polar surface area (TPSA) is 103 Å². The van der Waals surface area contributed by atoms with Gasteiger partial charge in [0.2, 0.25) is 5.91 Å². The number of rotatable bonds is 13. The Bertz CT molecular complexity index is 887. The molecule has 0 fully saturated rings. The standard InChI is InChI=1S/C25H32N2O6/c1-31-21-13-9-12-20(16-21)17-22(24(29)32-2)27-23(28)14-7-4-8-15-26-25(30)33-18-19-10-5-3-6-11-19/h3,5-6,9-13,16,22H,4,7-8,14-15,17-18H2,1-2H3,(H,26,30)(H,27,28)/t22-/m1/s1. The number of carbonyl (C=O) groups excluding carboxylic acids is 3. The molecule has 0 heterocycles. The van der Waals surface area contributed by atoms with E-state index >= 15 is 0 Å². The number of alkyl carbamates (subject to hydrolysis) is 1. The van der Waals surface area contributed by atoms with E-state index in [9.17, 15) is 14.4 Å². The summed E-state index contributed by atoms with van der Waals surface area (Å²) in [5.74, 6) is -0.0343. The molecule has 0 bridgehead atoms. The molecule has 1 atom stereocenters. The van der Waals surface area contributed by atoms with Crippen molar-refractivity contribution in [3.05, 3.63) is 65.7 Å². The maximum absolute atomic E-state index is 12.3. The van der Waals surface area contributed by atoms with E-state index in [4.69, 9.17) is 14.2 Å². The van der Waals surface area contributed by atoms with Crippen LogP contribution in [0.5, 0.6) is 5.75 Å². The van der Waals surface area contributed by atoms with Gasteiger partial charge in [0.25, 0.3) is 0 Å². The number of amides is 2. The SMILES string of the molecule is COC(=O)[C@@H](Cc1cccc(OC)c1)NC(=O)CCCCCNC(=O)OCc1ccccc1. The third-order valence-corrected chi connectivity index (χ3v) is 4.96. The number of carbonyl (C=O) groups is 3. The van der Waals surface area contributed by atoms with Gasteiger partial charge in [0.15, 0.2) is 0 Å². The number of hydrogen-bond donors (Lipinski definition) is 2. The Morgan fingerprint density at radius 1 is 0.909 bits per heavy atom. The van der Waals surface area contributed by atoms with E-state index in [0.717, 1.165) is 24.0 Å². The number of methoxy groups -OCH3 is 2. The summed E-state index contributed by atoms with van der Waals surface area (Å²) >= 11 is 0. The van der Waals surface area contributed by atoms with Crippen molar-refractivity contribution < 1.29 is 28.6 Å². The number of ether oxygens (including phenoxy) is 3. The molecule has 0 saturated carbocycles. The van der Waals surface area contributed by atoms with Crippen LogP contribution in [0.3, 0.4) is 0 Å². The van der Waals surface area contributed by atoms with Gasteiger partial charge in [-0.1, -0.05) is 48.9 Å². The van der Waals surface area contributed by atoms with E-state index in [1.165, 1.54) is 7.11 Å². The summed E-state index contributed by atoms with van der Waals surface area (Å²) in [6.07, 6.45) is 2.24. The van der Waals surface area contributed by atoms with Crippen LogP contribution >= 0.6 is 0 Å². The van der Waals surface area contributed by atoms with E-state index in [2.05, 4.69) is 10.6 Å². The molecule has 178 valence electrons. The van der Waals surface area contributed by atoms with Crippen molar-refractivity contribution in [2.75, 3.05) is 20.8 Å². The zero-order valence-corrected chi connectivity index (χ0v) is 19.2. The Hall–Kier alpha value is -3.55. The van der Waals surface area contributed by atoms with E-state index in [1.54, 1.807) is 7.11 Å². The van der Waals surface area contributed by atoms with Crippen molar-refractivity contribution in [3.8, 4) is 5.75 Å². The summed E-state index contributed by atoms with van der Waals surface area (Å²) in [7, 11) is 2.87. The van der Waals surface area contributed by atoms with Gasteiger partial charge in [-0.3, -0.25) is 4.79 Å². The van der Waals surface area contributed by atoms with Crippen LogP contribution in [0.4, 0.5) is 4.79 Å². The van der Waals surface area contributed by atoms with Gasteiger partial charge >= 0.3 is 12.1 Å². The Balaban J connectivity index is 1.63. The zero-order valence-electron chi connectivity index (χ0n) is 19.2. The van der Waals surface area contributed by atoms with Gasteiger partial charge in [0.05, 0.1) is 14.2 Å². The fourth-order valence-electron chi connectivity index (χ4n) is 3.19. The molecule has 0 unspecified atom stereocenters. The van der Waals surface area contributed by atoms with Crippen LogP contribution in [0, 0.1) is 0 Å². The molecule has 33 heavy (non-hydrogen) atoms. The summed E-state index contributed by atoms with van der Waals surface area (Å²) in [6.45, 7) is 0.694. The molecule has 2 N–H and O–H groups in total. The number of esters is 1. The lowest BCUT2D eigenvalue weighted by molar-refractivity contribution is -0.145. The first-order chi connectivity index (χ1) is 16.0. The highest BCUT2D eigenvalue weighted by Crippen LogP contribution is 2.14. The van der Waals surface area contributed by atoms with Crippen molar-refractivity contribution in [2.24, 2.45) is 0 Å². The minimum absolute atomic E-state index is 0.219. The second kappa shape index (κ2) is 14.5. The molecule has 0 aliphatic rings. The third-order valence-electron chi connectivity index (χ3n) is 4.96. The molecule has 0 saturated heterocycles. The molecule has 8 heteroatoms. The minimum Gasteiger partial charge on any atom is -0.497 e. The lowest BCUT2D eigenvalue weighted by atomic mass is 10.1. The smallest absolute Gasteiger partial charge is 0.407 e. The molecule has 0 aromatic heterocycles. The van der Waals surface area contributed by atoms with Crippen molar-refractivity contribution in [3.63, 3.8) is 0 Å². The zero-order chi connectivity index (χ0) is 23.9. The molecule has 2 rings (SSSR count). The van der Waals surface area contributed by atoms with E-state index in [1.807, 2.05) is 54.6 Å². The number of benzene rings is 2. The largest absolute Gasteiger partial charge is 0.497 e. The highest BCUT2D eigenvalue weighted by Gasteiger charge is 2.22. The Kier molecular flexibility index (Phi) is 11.3. The lowest BCUT2D eigenvalue weighted by Crippen LogP contribution is -2.43. The molecule has 0 radical (unpaired) electrons. The summed E-state index contributed by atoms with van der Waals surface area (Å²) in [5, 5.41) is 5.45. The predicted octanol–water partition coefficient (Wildman–Crippen LogP) is 3.38. The molecule has 8 nitrogen and oxygen atoms in total. The normalized spacial score (nSPS) is 11.2. The van der Waals surface area contributed by atoms with Gasteiger partial charge in [0.1, 0.15) is 18.4 Å². The number of hydrogen-bond acceptors (Lipinski definition) is 6. The Morgan fingerprint density at radius 2 is 1.67 bits per heavy atom. The minimum atomic E-state index is -0.768. The van der Waals surface area contributed by atoms with Crippen LogP contribution in [-0.2, 0) is 32.1 Å². The fourth-order valence-corrected chi connectivity index (χ4v) is 3.19. The van der Waals surface area contributed by atoms with Crippen LogP contribution in [0.15, 0.2) is 54.6 Å². The van der Waals surface area contributed by atoms with Gasteiger partial charge < -0.3 is 24.8 Å². The summed E-state index contributed by atoms with van der Waals surface area (Å²) in [4.78, 5) is 36.1. The van der Waals surface area contributed by atoms with Crippen LogP contribution < -0.4 is 15.4 Å². The number of unbranched alkanes of at least 4 members (excludes halogenated alkanes) is 2. The predicted molar refractivity (Wildman–Crippen MR) is 124 cm³/mol. The van der Waals surface area contributed by atoms with Gasteiger partial charge in [-0.25, -0.2) is 9.59 Å². The Morgan fingerprint density at radius 3 is 2.39 bits per heavy atom. The van der Waals surface area contributed by atoms with Gasteiger partial charge in [-0.2, -0.15) is 0 Å². The highest BCUT2D eigenvalue weighted by molar-refractivity contribution is 5.84. The molecule has 0 aliphatic carbocycles. The molecule has 2 aromatic rings. The van der Waals surface area contributed by atoms with E-state index < -0.39 is 18.1 Å². The maximum Gasteiger partial charge on any atom is 0.407 e. The van der Waals surface area contributed by atoms with Crippen LogP contribution in [0.25, 0.3) is 0 Å². The average Bonchev–Trinajstić information content (AvgIpc) is 2.84. The first-order valence-electron chi connectivity index (χ1n) is 11.0. The van der Waals surface area contributed by atoms with Crippen molar-refractivity contribution in [1.29, 1.82) is 0 Å². The average molecular weight is 457 g/mol. The highest BCUT2D eigenvalue weighted by atomic mass is 16.5. The first-order valence-corrected chi connectivity index (χ1v) is 11.0. The first kappa shape index (κ1) is 25.7. The fraction of sp³-hybridized carbons (Fsp3) is 0.400. The van der Waals surface area contributed by atoms with Gasteiger partial charge in [-0.05, 0) is 36.1 Å². The molecular formula is C25H32N2O6. The van der Waals surface area contributed by atoms with Crippen molar-refractivity contribution in [1.82, 2.24) is 10.6 Å². The lowest BCUT2D eigenvalue weighted by Gasteiger charge is -2.17. The summed E-state index contributed by atoms with van der Waals surface area (Å²) in [5.41, 5.74) is 1.78. The monoisotopic (exact) mass is 456 g/mol. The van der Waals surface area contributed by atoms with Crippen LogP contribution in [0.1, 0.15) is 36.8 Å². The third kappa shape index (κ3) is 10.1. The number of nitrogens with one attached hydrogen (secondary N) is 2. The van der Waals surface area contributed by atoms with E-state index in [0.29, 0.717) is 25.1 Å². The molecule has 0 spiro atoms. The van der Waals surface area contributed by atoms with Gasteiger partial charge in [0, 0.05) is 19.4 Å². The van der Waals surface area contributed by atoms with Crippen LogP contribution in [-0.4, -0.2) is 44.8 Å².